The maximum absolute atomic E-state index is 2.47. The predicted molar refractivity (Wildman–Crippen MR) is 72.4 cm³/mol. The maximum Gasteiger partial charge on any atom is 0.0110 e. The molecule has 0 amide bonds. The van der Waals surface area contributed by atoms with Crippen LogP contribution in [-0.2, 0) is 0 Å². The summed E-state index contributed by atoms with van der Waals surface area (Å²) in [5.74, 6) is 4.03. The summed E-state index contributed by atoms with van der Waals surface area (Å²) in [5, 5.41) is 0. The number of rotatable bonds is 6. The molecule has 0 nitrogen and oxygen atoms in total. The lowest BCUT2D eigenvalue weighted by Gasteiger charge is -2.14. The van der Waals surface area contributed by atoms with E-state index < -0.39 is 0 Å². The first kappa shape index (κ1) is 13.2. The zero-order valence-corrected chi connectivity index (χ0v) is 11.4. The van der Waals surface area contributed by atoms with E-state index in [1.165, 1.54) is 37.9 Å². The van der Waals surface area contributed by atoms with E-state index in [-0.39, 0.29) is 0 Å². The van der Waals surface area contributed by atoms with Crippen molar-refractivity contribution in [2.75, 3.05) is 12.0 Å². The fourth-order valence-corrected chi connectivity index (χ4v) is 2.89. The van der Waals surface area contributed by atoms with Crippen molar-refractivity contribution in [3.05, 3.63) is 12.2 Å². The molecule has 0 bridgehead atoms. The maximum atomic E-state index is 2.47. The molecule has 1 aliphatic rings. The average molecular weight is 226 g/mol. The van der Waals surface area contributed by atoms with Gasteiger partial charge in [-0.15, -0.1) is 0 Å². The largest absolute Gasteiger partial charge is 0.161 e. The molecule has 0 heterocycles. The summed E-state index contributed by atoms with van der Waals surface area (Å²) in [6, 6.07) is 0. The van der Waals surface area contributed by atoms with Crippen LogP contribution in [0.25, 0.3) is 0 Å². The molecule has 0 saturated heterocycles. The molecule has 0 aromatic heterocycles. The van der Waals surface area contributed by atoms with Gasteiger partial charge in [0.1, 0.15) is 0 Å². The number of hydrogen-bond donors (Lipinski definition) is 0. The Bertz CT molecular complexity index is 186. The van der Waals surface area contributed by atoms with Crippen LogP contribution in [0.3, 0.4) is 0 Å². The van der Waals surface area contributed by atoms with E-state index in [1.807, 2.05) is 11.8 Å². The summed E-state index contributed by atoms with van der Waals surface area (Å²) < 4.78 is 0. The molecule has 0 aromatic carbocycles. The molecular weight excluding hydrogens is 200 g/mol. The molecular formula is C14H26S. The zero-order chi connectivity index (χ0) is 11.1. The first-order chi connectivity index (χ1) is 7.26. The molecule has 3 unspecified atom stereocenters. The second-order valence-corrected chi connectivity index (χ2v) is 5.98. The van der Waals surface area contributed by atoms with Crippen molar-refractivity contribution in [1.29, 1.82) is 0 Å². The van der Waals surface area contributed by atoms with Crippen LogP contribution in [0.5, 0.6) is 0 Å². The zero-order valence-electron chi connectivity index (χ0n) is 10.5. The first-order valence-corrected chi connectivity index (χ1v) is 7.81. The Morgan fingerprint density at radius 2 is 2.20 bits per heavy atom. The molecule has 3 atom stereocenters. The summed E-state index contributed by atoms with van der Waals surface area (Å²) >= 11 is 1.91. The smallest absolute Gasteiger partial charge is 0.0110 e. The predicted octanol–water partition coefficient (Wildman–Crippen LogP) is 4.76. The van der Waals surface area contributed by atoms with E-state index in [4.69, 9.17) is 0 Å². The molecule has 0 aliphatic heterocycles. The van der Waals surface area contributed by atoms with Gasteiger partial charge >= 0.3 is 0 Å². The van der Waals surface area contributed by atoms with Crippen LogP contribution in [0, 0.1) is 17.8 Å². The second kappa shape index (κ2) is 7.38. The Morgan fingerprint density at radius 3 is 2.87 bits per heavy atom. The van der Waals surface area contributed by atoms with Crippen molar-refractivity contribution in [2.45, 2.75) is 46.0 Å². The molecule has 0 N–H and O–H groups in total. The summed E-state index contributed by atoms with van der Waals surface area (Å²) in [6.07, 6.45) is 14.2. The highest BCUT2D eigenvalue weighted by molar-refractivity contribution is 7.98. The minimum atomic E-state index is 0.895. The molecule has 1 heteroatoms. The highest BCUT2D eigenvalue weighted by Crippen LogP contribution is 2.36. The fourth-order valence-electron chi connectivity index (χ4n) is 2.58. The highest BCUT2D eigenvalue weighted by Gasteiger charge is 2.23. The van der Waals surface area contributed by atoms with Gasteiger partial charge in [0.15, 0.2) is 0 Å². The van der Waals surface area contributed by atoms with Crippen molar-refractivity contribution >= 4 is 11.8 Å². The van der Waals surface area contributed by atoms with Gasteiger partial charge in [-0.05, 0) is 49.7 Å². The second-order valence-electron chi connectivity index (χ2n) is 5.07. The van der Waals surface area contributed by atoms with Crippen molar-refractivity contribution in [2.24, 2.45) is 17.8 Å². The Kier molecular flexibility index (Phi) is 6.47. The number of hydrogen-bond acceptors (Lipinski definition) is 1. The van der Waals surface area contributed by atoms with Gasteiger partial charge in [-0.1, -0.05) is 32.4 Å². The summed E-state index contributed by atoms with van der Waals surface area (Å²) in [7, 11) is 0. The standard InChI is InChI=1S/C14H26S/c1-4-12(2)10-14-8-7-13(11-14)6-5-9-15-3/h5-6,12-14H,4,7-11H2,1-3H3/b6-5+. The molecule has 1 aliphatic carbocycles. The van der Waals surface area contributed by atoms with Gasteiger partial charge in [0.05, 0.1) is 0 Å². The van der Waals surface area contributed by atoms with Crippen molar-refractivity contribution in [3.8, 4) is 0 Å². The van der Waals surface area contributed by atoms with E-state index in [1.54, 1.807) is 0 Å². The number of allylic oxidation sites excluding steroid dienone is 1. The van der Waals surface area contributed by atoms with Crippen LogP contribution in [0.4, 0.5) is 0 Å². The third-order valence-corrected chi connectivity index (χ3v) is 4.21. The molecule has 0 radical (unpaired) electrons. The Labute approximate surface area is 99.9 Å². The first-order valence-electron chi connectivity index (χ1n) is 6.41. The van der Waals surface area contributed by atoms with E-state index in [0.717, 1.165) is 17.8 Å². The molecule has 15 heavy (non-hydrogen) atoms. The molecule has 1 fully saturated rings. The van der Waals surface area contributed by atoms with E-state index in [9.17, 15) is 0 Å². The minimum Gasteiger partial charge on any atom is -0.161 e. The normalized spacial score (nSPS) is 28.7. The van der Waals surface area contributed by atoms with Gasteiger partial charge in [0.2, 0.25) is 0 Å². The van der Waals surface area contributed by atoms with Crippen molar-refractivity contribution in [1.82, 2.24) is 0 Å². The van der Waals surface area contributed by atoms with Gasteiger partial charge < -0.3 is 0 Å². The van der Waals surface area contributed by atoms with Crippen molar-refractivity contribution in [3.63, 3.8) is 0 Å². The monoisotopic (exact) mass is 226 g/mol. The fraction of sp³-hybridized carbons (Fsp3) is 0.857. The van der Waals surface area contributed by atoms with Gasteiger partial charge in [0, 0.05) is 5.75 Å². The van der Waals surface area contributed by atoms with Crippen LogP contribution in [-0.4, -0.2) is 12.0 Å². The lowest BCUT2D eigenvalue weighted by molar-refractivity contribution is 0.384. The highest BCUT2D eigenvalue weighted by atomic mass is 32.2. The third-order valence-electron chi connectivity index (χ3n) is 3.69. The van der Waals surface area contributed by atoms with E-state index in [0.29, 0.717) is 0 Å². The van der Waals surface area contributed by atoms with Crippen LogP contribution in [0.2, 0.25) is 0 Å². The molecule has 1 saturated carbocycles. The molecule has 0 aromatic rings. The van der Waals surface area contributed by atoms with Crippen molar-refractivity contribution < 1.29 is 0 Å². The Morgan fingerprint density at radius 1 is 1.40 bits per heavy atom. The third kappa shape index (κ3) is 5.10. The van der Waals surface area contributed by atoms with Crippen LogP contribution in [0.1, 0.15) is 46.0 Å². The van der Waals surface area contributed by atoms with Gasteiger partial charge in [-0.2, -0.15) is 11.8 Å². The lowest BCUT2D eigenvalue weighted by atomic mass is 9.92. The minimum absolute atomic E-state index is 0.895. The number of thioether (sulfide) groups is 1. The lowest BCUT2D eigenvalue weighted by Crippen LogP contribution is -2.02. The summed E-state index contributed by atoms with van der Waals surface area (Å²) in [6.45, 7) is 4.71. The summed E-state index contributed by atoms with van der Waals surface area (Å²) in [4.78, 5) is 0. The average Bonchev–Trinajstić information content (AvgIpc) is 2.66. The summed E-state index contributed by atoms with van der Waals surface area (Å²) in [5.41, 5.74) is 0. The molecule has 88 valence electrons. The van der Waals surface area contributed by atoms with Gasteiger partial charge in [-0.25, -0.2) is 0 Å². The van der Waals surface area contributed by atoms with Crippen LogP contribution in [0.15, 0.2) is 12.2 Å². The van der Waals surface area contributed by atoms with Gasteiger partial charge in [0.25, 0.3) is 0 Å². The Hall–Kier alpha value is 0.0900. The Balaban J connectivity index is 2.20. The SMILES string of the molecule is CCC(C)CC1CCC(/C=C/CSC)C1. The molecule has 1 rings (SSSR count). The molecule has 0 spiro atoms. The quantitative estimate of drug-likeness (QED) is 0.589. The van der Waals surface area contributed by atoms with E-state index >= 15 is 0 Å². The van der Waals surface area contributed by atoms with Crippen LogP contribution < -0.4 is 0 Å². The van der Waals surface area contributed by atoms with E-state index in [2.05, 4.69) is 32.3 Å². The topological polar surface area (TPSA) is 0 Å². The van der Waals surface area contributed by atoms with Gasteiger partial charge in [-0.3, -0.25) is 0 Å². The van der Waals surface area contributed by atoms with Crippen LogP contribution >= 0.6 is 11.8 Å².